The fourth-order valence-corrected chi connectivity index (χ4v) is 4.15. The molecule has 1 heterocycles. The molecule has 1 atom stereocenters. The van der Waals surface area contributed by atoms with Crippen LogP contribution in [0.25, 0.3) is 11.0 Å². The van der Waals surface area contributed by atoms with Crippen molar-refractivity contribution in [3.8, 4) is 6.07 Å². The van der Waals surface area contributed by atoms with Crippen molar-refractivity contribution in [2.45, 2.75) is 10.1 Å². The maximum Gasteiger partial charge on any atom is 0.200 e. The maximum absolute atomic E-state index is 12.8. The molecule has 1 unspecified atom stereocenters. The van der Waals surface area contributed by atoms with Crippen LogP contribution >= 0.6 is 27.5 Å². The van der Waals surface area contributed by atoms with Crippen LogP contribution < -0.4 is 0 Å². The molecule has 1 aromatic heterocycles. The van der Waals surface area contributed by atoms with Crippen LogP contribution in [0.3, 0.4) is 0 Å². The molecular formula is C16H9BrClN3O2S. The second kappa shape index (κ2) is 6.48. The first-order valence-electron chi connectivity index (χ1n) is 6.75. The van der Waals surface area contributed by atoms with E-state index in [-0.39, 0.29) is 15.7 Å². The van der Waals surface area contributed by atoms with Gasteiger partial charge < -0.3 is 0 Å². The highest BCUT2D eigenvalue weighted by atomic mass is 79.9. The zero-order valence-electron chi connectivity index (χ0n) is 12.0. The molecule has 0 aliphatic carbocycles. The van der Waals surface area contributed by atoms with Gasteiger partial charge in [-0.15, -0.1) is 0 Å². The van der Waals surface area contributed by atoms with Crippen LogP contribution in [0.15, 0.2) is 57.9 Å². The average Bonchev–Trinajstić information content (AvgIpc) is 2.56. The number of hydrogen-bond acceptors (Lipinski definition) is 5. The quantitative estimate of drug-likeness (QED) is 0.635. The Morgan fingerprint density at radius 2 is 1.62 bits per heavy atom. The highest BCUT2D eigenvalue weighted by Gasteiger charge is 2.33. The van der Waals surface area contributed by atoms with Gasteiger partial charge in [0.2, 0.25) is 9.84 Å². The smallest absolute Gasteiger partial charge is 0.200 e. The molecule has 3 rings (SSSR count). The van der Waals surface area contributed by atoms with Gasteiger partial charge in [0.15, 0.2) is 10.4 Å². The van der Waals surface area contributed by atoms with E-state index < -0.39 is 15.1 Å². The molecule has 0 fully saturated rings. The zero-order valence-corrected chi connectivity index (χ0v) is 15.2. The fraction of sp³-hybridized carbons (Fsp3) is 0.0625. The van der Waals surface area contributed by atoms with Crippen LogP contribution in [-0.2, 0) is 9.84 Å². The van der Waals surface area contributed by atoms with Gasteiger partial charge in [-0.3, -0.25) is 0 Å². The molecule has 0 radical (unpaired) electrons. The van der Waals surface area contributed by atoms with Crippen LogP contribution in [0.4, 0.5) is 0 Å². The van der Waals surface area contributed by atoms with E-state index in [2.05, 4.69) is 25.9 Å². The van der Waals surface area contributed by atoms with Gasteiger partial charge in [-0.1, -0.05) is 39.7 Å². The minimum absolute atomic E-state index is 0.0169. The molecule has 0 N–H and O–H groups in total. The summed E-state index contributed by atoms with van der Waals surface area (Å²) in [6.07, 6.45) is 0. The summed E-state index contributed by atoms with van der Waals surface area (Å²) >= 11 is 9.35. The molecule has 0 amide bonds. The van der Waals surface area contributed by atoms with E-state index in [1.54, 1.807) is 42.5 Å². The van der Waals surface area contributed by atoms with Crippen molar-refractivity contribution in [2.24, 2.45) is 0 Å². The zero-order chi connectivity index (χ0) is 17.3. The molecule has 0 spiro atoms. The third kappa shape index (κ3) is 3.00. The Morgan fingerprint density at radius 1 is 1.04 bits per heavy atom. The summed E-state index contributed by atoms with van der Waals surface area (Å²) in [5.41, 5.74) is 0.938. The summed E-state index contributed by atoms with van der Waals surface area (Å²) in [7, 11) is -3.98. The number of para-hydroxylation sites is 2. The van der Waals surface area contributed by atoms with Crippen molar-refractivity contribution in [1.29, 1.82) is 5.26 Å². The van der Waals surface area contributed by atoms with E-state index >= 15 is 0 Å². The van der Waals surface area contributed by atoms with E-state index in [1.807, 2.05) is 0 Å². The van der Waals surface area contributed by atoms with Gasteiger partial charge in [-0.2, -0.15) is 5.26 Å². The number of rotatable bonds is 3. The van der Waals surface area contributed by atoms with Gasteiger partial charge in [0, 0.05) is 4.47 Å². The second-order valence-corrected chi connectivity index (χ2v) is 8.20. The largest absolute Gasteiger partial charge is 0.245 e. The minimum atomic E-state index is -3.98. The minimum Gasteiger partial charge on any atom is -0.245 e. The summed E-state index contributed by atoms with van der Waals surface area (Å²) in [4.78, 5) is 8.41. The Kier molecular flexibility index (Phi) is 4.54. The molecule has 0 aliphatic rings. The molecule has 5 nitrogen and oxygen atoms in total. The maximum atomic E-state index is 12.8. The van der Waals surface area contributed by atoms with Gasteiger partial charge in [0.05, 0.1) is 22.0 Å². The molecule has 120 valence electrons. The molecule has 2 aromatic carbocycles. The normalized spacial score (nSPS) is 12.7. The number of nitrogens with zero attached hydrogens (tertiary/aromatic N) is 3. The molecule has 8 heteroatoms. The van der Waals surface area contributed by atoms with Gasteiger partial charge >= 0.3 is 0 Å². The first kappa shape index (κ1) is 16.8. The SMILES string of the molecule is N#CC(c1nc2ccccc2nc1Cl)S(=O)(=O)c1ccc(Br)cc1. The van der Waals surface area contributed by atoms with Crippen molar-refractivity contribution in [3.05, 3.63) is 63.9 Å². The average molecular weight is 423 g/mol. The molecule has 0 saturated heterocycles. The second-order valence-electron chi connectivity index (χ2n) is 4.90. The van der Waals surface area contributed by atoms with E-state index in [0.29, 0.717) is 11.0 Å². The summed E-state index contributed by atoms with van der Waals surface area (Å²) in [5, 5.41) is 7.83. The van der Waals surface area contributed by atoms with Gasteiger partial charge in [-0.05, 0) is 36.4 Å². The third-order valence-corrected chi connectivity index (χ3v) is 6.06. The standard InChI is InChI=1S/C16H9BrClN3O2S/c17-10-5-7-11(8-6-10)24(22,23)14(9-19)15-16(18)21-13-4-2-1-3-12(13)20-15/h1-8,14H. The molecule has 0 aliphatic heterocycles. The lowest BCUT2D eigenvalue weighted by Gasteiger charge is -2.12. The highest BCUT2D eigenvalue weighted by molar-refractivity contribution is 9.10. The van der Waals surface area contributed by atoms with Crippen molar-refractivity contribution >= 4 is 48.4 Å². The van der Waals surface area contributed by atoms with E-state index in [9.17, 15) is 13.7 Å². The number of aromatic nitrogens is 2. The number of hydrogen-bond donors (Lipinski definition) is 0. The first-order valence-corrected chi connectivity index (χ1v) is 9.46. The molecule has 0 bridgehead atoms. The van der Waals surface area contributed by atoms with Crippen LogP contribution in [0.5, 0.6) is 0 Å². The Hall–Kier alpha value is -2.01. The van der Waals surface area contributed by atoms with Gasteiger partial charge in [-0.25, -0.2) is 18.4 Å². The van der Waals surface area contributed by atoms with E-state index in [1.165, 1.54) is 12.1 Å². The molecule has 3 aromatic rings. The summed E-state index contributed by atoms with van der Waals surface area (Å²) in [5.74, 6) is 0. The molecular weight excluding hydrogens is 414 g/mol. The van der Waals surface area contributed by atoms with Crippen molar-refractivity contribution in [3.63, 3.8) is 0 Å². The number of fused-ring (bicyclic) bond motifs is 1. The predicted octanol–water partition coefficient (Wildman–Crippen LogP) is 4.08. The van der Waals surface area contributed by atoms with Crippen molar-refractivity contribution in [2.75, 3.05) is 0 Å². The van der Waals surface area contributed by atoms with Crippen LogP contribution in [0, 0.1) is 11.3 Å². The predicted molar refractivity (Wildman–Crippen MR) is 94.2 cm³/mol. The number of halogens is 2. The Balaban J connectivity index is 2.17. The number of nitriles is 1. The first-order chi connectivity index (χ1) is 11.4. The Bertz CT molecular complexity index is 1060. The number of sulfone groups is 1. The Morgan fingerprint density at radius 3 is 2.21 bits per heavy atom. The van der Waals surface area contributed by atoms with Gasteiger partial charge in [0.1, 0.15) is 5.69 Å². The summed E-state index contributed by atoms with van der Waals surface area (Å²) in [6.45, 7) is 0. The molecule has 0 saturated carbocycles. The lowest BCUT2D eigenvalue weighted by molar-refractivity contribution is 0.590. The summed E-state index contributed by atoms with van der Waals surface area (Å²) in [6, 6.07) is 14.7. The Labute approximate surface area is 152 Å². The lowest BCUT2D eigenvalue weighted by Crippen LogP contribution is -2.15. The third-order valence-electron chi connectivity index (χ3n) is 3.37. The van der Waals surface area contributed by atoms with Crippen LogP contribution in [0.1, 0.15) is 10.9 Å². The number of benzene rings is 2. The topological polar surface area (TPSA) is 83.7 Å². The van der Waals surface area contributed by atoms with E-state index in [4.69, 9.17) is 11.6 Å². The fourth-order valence-electron chi connectivity index (χ4n) is 2.20. The summed E-state index contributed by atoms with van der Waals surface area (Å²) < 4.78 is 26.3. The molecule has 24 heavy (non-hydrogen) atoms. The van der Waals surface area contributed by atoms with Crippen LogP contribution in [-0.4, -0.2) is 18.4 Å². The van der Waals surface area contributed by atoms with E-state index in [0.717, 1.165) is 4.47 Å². The highest BCUT2D eigenvalue weighted by Crippen LogP contribution is 2.32. The monoisotopic (exact) mass is 421 g/mol. The lowest BCUT2D eigenvalue weighted by atomic mass is 10.2. The van der Waals surface area contributed by atoms with Crippen molar-refractivity contribution < 1.29 is 8.42 Å². The van der Waals surface area contributed by atoms with Crippen molar-refractivity contribution in [1.82, 2.24) is 9.97 Å². The van der Waals surface area contributed by atoms with Gasteiger partial charge in [0.25, 0.3) is 0 Å². The van der Waals surface area contributed by atoms with Crippen LogP contribution in [0.2, 0.25) is 5.15 Å².